The summed E-state index contributed by atoms with van der Waals surface area (Å²) in [4.78, 5) is 122. The number of pyridine rings is 2. The number of hydrogen-bond acceptors (Lipinski definition) is 20. The first-order valence-electron chi connectivity index (χ1n) is 38.2. The summed E-state index contributed by atoms with van der Waals surface area (Å²) in [6.07, 6.45) is 1.63. The van der Waals surface area contributed by atoms with Crippen molar-refractivity contribution in [2.75, 3.05) is 27.3 Å². The second-order valence-corrected chi connectivity index (χ2v) is 39.7. The Morgan fingerprint density at radius 1 is 0.590 bits per heavy atom. The fraction of sp³-hybridized carbons (Fsp3) is 0.488. The number of nitrogens with zero attached hydrogens (tertiary/aromatic N) is 4. The van der Waals surface area contributed by atoms with Crippen LogP contribution in [0, 0.1) is 53.8 Å². The number of amides is 7. The maximum absolute atomic E-state index is 14.7. The van der Waals surface area contributed by atoms with Crippen LogP contribution in [0.1, 0.15) is 134 Å². The van der Waals surface area contributed by atoms with Crippen LogP contribution in [-0.2, 0) is 58.3 Å². The van der Waals surface area contributed by atoms with E-state index >= 15 is 0 Å². The molecule has 8 N–H and O–H groups in total. The van der Waals surface area contributed by atoms with Crippen molar-refractivity contribution in [1.29, 1.82) is 1.34 Å². The van der Waals surface area contributed by atoms with Crippen molar-refractivity contribution in [3.63, 3.8) is 0 Å². The summed E-state index contributed by atoms with van der Waals surface area (Å²) >= 11 is 11.6. The summed E-state index contributed by atoms with van der Waals surface area (Å²) in [5.74, 6) is -3.45. The van der Waals surface area contributed by atoms with E-state index in [1.165, 1.54) is 22.0 Å². The zero-order valence-electron chi connectivity index (χ0n) is 69.0. The zero-order chi connectivity index (χ0) is 86.7. The molecular weight excluding hydrogens is 1810 g/mol. The minimum Gasteiger partial charge on any atom is -0.497 e. The third kappa shape index (κ3) is 22.0. The van der Waals surface area contributed by atoms with Crippen LogP contribution in [0.2, 0.25) is 0 Å². The average molecular weight is 1920 g/mol. The average Bonchev–Trinajstić information content (AvgIpc) is 1.52. The second-order valence-electron chi connectivity index (χ2n) is 33.9. The largest absolute Gasteiger partial charge is 0.497 e. The predicted octanol–water partition coefficient (Wildman–Crippen LogP) is 10.1. The third-order valence-corrected chi connectivity index (χ3v) is 25.8. The van der Waals surface area contributed by atoms with Crippen LogP contribution >= 0.6 is 23.2 Å². The number of nitrogens with two attached hydrogens (primary N) is 1. The van der Waals surface area contributed by atoms with Crippen molar-refractivity contribution in [3.05, 3.63) is 135 Å². The van der Waals surface area contributed by atoms with Crippen LogP contribution in [0.5, 0.6) is 23.0 Å². The molecular formula is C82H103BCl2N10O19S2U. The Morgan fingerprint density at radius 3 is 1.26 bits per heavy atom. The number of carbonyl (C=O) groups is 8. The molecule has 12 rings (SSSR count). The number of primary sulfonamides is 1. The molecule has 4 saturated carbocycles. The Hall–Kier alpha value is -8.70. The Morgan fingerprint density at radius 2 is 0.957 bits per heavy atom. The summed E-state index contributed by atoms with van der Waals surface area (Å²) in [6, 6.07) is 29.1. The molecule has 0 bridgehead atoms. The number of alkyl carbamates (subject to hydrolysis) is 2. The second kappa shape index (κ2) is 35.7. The minimum atomic E-state index is -4.25. The van der Waals surface area contributed by atoms with Gasteiger partial charge in [-0.15, -0.1) is 24.8 Å². The molecule has 0 spiro atoms. The van der Waals surface area contributed by atoms with Crippen LogP contribution < -0.4 is 50.1 Å². The van der Waals surface area contributed by atoms with Gasteiger partial charge in [-0.1, -0.05) is 126 Å². The monoisotopic (exact) mass is 1920 g/mol. The number of carboxylic acids is 1. The van der Waals surface area contributed by atoms with Gasteiger partial charge in [0.1, 0.15) is 81.7 Å². The van der Waals surface area contributed by atoms with Crippen molar-refractivity contribution in [1.82, 2.24) is 45.8 Å². The maximum atomic E-state index is 14.7. The van der Waals surface area contributed by atoms with Gasteiger partial charge in [-0.25, -0.2) is 51.0 Å². The topological polar surface area (TPSA) is 399 Å². The number of hydrogen-bond donors (Lipinski definition) is 7. The molecule has 4 aromatic carbocycles. The number of aromatic nitrogens is 2. The van der Waals surface area contributed by atoms with E-state index in [2.05, 4.69) is 47.5 Å². The number of halogens is 2. The number of carbonyl (C=O) groups excluding carboxylic acids is 7. The molecule has 10 atom stereocenters. The minimum absolute atomic E-state index is 0. The molecule has 0 unspecified atom stereocenters. The van der Waals surface area contributed by atoms with E-state index in [1.54, 1.807) is 122 Å². The standard InChI is InChI=1S/C41H50ClN5O9S.C38H46N4O8.C3H6ClNO2S.BH.U/c1-9-25-22-41(25,36(50)46-57(52,53)40(42)17-18-40)45-34(48)31-20-27(23-47(31)35(49)33(38(2,3)4)44-37(51)56-39(5,6)7)55-32-21-29(24-13-11-10-12-14-24)43-30-19-26(54-8)15-16-28(30)32;1-9-23-20-38(23,34(45)46)41-32(43)29-18-25(21-42(29)33(44)31(36(2,3)4)40-35(47)50-37(5,6)7)49-30-19-27(22-13-11-10-12-14-22)39-28-17-24(48-8)15-16-26(28)30;4-3(1-2-3)8(5,6)7;;/h9-16,19,21,25,27,31,33H,1,17-18,20,22-23H2,2-8H3,(H,44,51)(H,45,48)(H,46,50);9-17,19,23,25,29,31H,1,18,20-21H2,2-8H3,(H,40,47)(H,41,43)(H,45,46);1-2H2,(H2,5,6,7);1H;/t25-,27-,31+,33-,41-;23-,25-,29+,31-,38-;;;/m11.../s1/i;;;1D;. The van der Waals surface area contributed by atoms with Crippen LogP contribution in [0.4, 0.5) is 9.59 Å². The van der Waals surface area contributed by atoms with Crippen molar-refractivity contribution in [3.8, 4) is 45.5 Å². The molecule has 2 saturated heterocycles. The van der Waals surface area contributed by atoms with Crippen LogP contribution in [-0.4, -0.2) is 193 Å². The molecule has 2 radical (unpaired) electrons. The number of aliphatic carboxylic acids is 1. The molecule has 4 heterocycles. The molecule has 117 heavy (non-hydrogen) atoms. The number of nitrogens with one attached hydrogen (secondary N) is 5. The first-order valence-corrected chi connectivity index (χ1v) is 41.4. The van der Waals surface area contributed by atoms with Gasteiger partial charge < -0.3 is 64.6 Å². The summed E-state index contributed by atoms with van der Waals surface area (Å²) in [5, 5.41) is 27.0. The normalized spacial score (nSPS) is 22.6. The van der Waals surface area contributed by atoms with E-state index < -0.39 is 157 Å². The van der Waals surface area contributed by atoms with Gasteiger partial charge in [0.25, 0.3) is 15.9 Å². The van der Waals surface area contributed by atoms with Crippen molar-refractivity contribution in [2.45, 2.75) is 202 Å². The summed E-state index contributed by atoms with van der Waals surface area (Å²) in [7, 11) is -0.830. The van der Waals surface area contributed by atoms with E-state index in [1.807, 2.05) is 84.9 Å². The first kappa shape index (κ1) is 92.2. The summed E-state index contributed by atoms with van der Waals surface area (Å²) in [6.45, 7) is 28.4. The quantitative estimate of drug-likeness (QED) is 0.0178. The van der Waals surface area contributed by atoms with Crippen LogP contribution in [0.15, 0.2) is 135 Å². The van der Waals surface area contributed by atoms with Gasteiger partial charge in [-0.3, -0.25) is 24.0 Å². The Kier molecular flexibility index (Phi) is 28.1. The van der Waals surface area contributed by atoms with Crippen molar-refractivity contribution >= 4 is 121 Å². The first-order chi connectivity index (χ1) is 54.5. The molecule has 6 aromatic rings. The molecule has 2 aliphatic heterocycles. The molecule has 6 fully saturated rings. The number of alkyl halides is 2. The van der Waals surface area contributed by atoms with Crippen LogP contribution in [0.3, 0.4) is 0 Å². The molecule has 7 amide bonds. The smallest absolute Gasteiger partial charge is 0.408 e. The molecule has 628 valence electrons. The van der Waals surface area contributed by atoms with Crippen molar-refractivity contribution in [2.24, 2.45) is 27.8 Å². The number of sulfonamides is 2. The van der Waals surface area contributed by atoms with Gasteiger partial charge in [0.15, 0.2) is 8.41 Å². The Bertz CT molecular complexity index is 5030. The number of carboxylic acid groups (broad SMARTS) is 1. The van der Waals surface area contributed by atoms with E-state index in [0.717, 1.165) is 11.1 Å². The van der Waals surface area contributed by atoms with Gasteiger partial charge in [0.2, 0.25) is 33.7 Å². The van der Waals surface area contributed by atoms with Crippen LogP contribution in [0.25, 0.3) is 44.3 Å². The number of likely N-dealkylation sites (tertiary alicyclic amines) is 2. The van der Waals surface area contributed by atoms with Gasteiger partial charge in [0, 0.05) is 110 Å². The predicted molar refractivity (Wildman–Crippen MR) is 441 cm³/mol. The SMILES string of the molecule is C=C[C@@H]1C[C@]1(NC(=O)[C@@H]1C[C@@H](Oc2cc(-c3ccccc3)nc3cc(OC)ccc23)CN1C(=O)[C@@H](NC(=O)OC(C)(C)C)C(C)(C)C)C(=O)NS(=O)(=O)C1(Cl)CC1.C=C[C@@H]1C[C@]1(NC(=O)[C@@H]1C[C@@H](Oc2cc(-c3ccccc3)nc3cc(OC)ccc23)CN1C(=O)[C@@H](NC(=O)OC(C)(C)C)C(C)(C)C)C(=O)O.NS(=O)(=O)C1(Cl)CC1.[2H][B].[U]. The number of rotatable bonds is 23. The fourth-order valence-corrected chi connectivity index (χ4v) is 15.8. The number of ether oxygens (including phenoxy) is 6. The fourth-order valence-electron chi connectivity index (χ4n) is 13.6. The molecule has 35 heteroatoms. The molecule has 6 aliphatic rings. The summed E-state index contributed by atoms with van der Waals surface area (Å²) in [5.41, 5.74) is -2.24. The molecule has 29 nitrogen and oxygen atoms in total. The van der Waals surface area contributed by atoms with E-state index in [-0.39, 0.29) is 82.7 Å². The Balaban J connectivity index is 0.000000263. The Labute approximate surface area is 719 Å². The van der Waals surface area contributed by atoms with Gasteiger partial charge in [-0.2, -0.15) is 0 Å². The third-order valence-electron chi connectivity index (χ3n) is 20.5. The van der Waals surface area contributed by atoms with Gasteiger partial charge in [-0.05, 0) is 116 Å². The van der Waals surface area contributed by atoms with Gasteiger partial charge >= 0.3 is 18.2 Å². The van der Waals surface area contributed by atoms with E-state index in [0.29, 0.717) is 69.0 Å². The number of benzene rings is 4. The number of fused-ring (bicyclic) bond motifs is 2. The van der Waals surface area contributed by atoms with E-state index in [9.17, 15) is 60.3 Å². The number of methoxy groups -OCH3 is 2. The van der Waals surface area contributed by atoms with Gasteiger partial charge in [0.05, 0.1) is 49.7 Å². The van der Waals surface area contributed by atoms with E-state index in [4.69, 9.17) is 68.1 Å². The summed E-state index contributed by atoms with van der Waals surface area (Å²) < 4.78 is 86.5. The molecule has 2 aromatic heterocycles. The van der Waals surface area contributed by atoms with Crippen molar-refractivity contribution < 1.29 is 120 Å². The molecule has 4 aliphatic carbocycles. The maximum Gasteiger partial charge on any atom is 0.408 e. The zero-order valence-corrected chi connectivity index (χ0v) is 75.3.